The van der Waals surface area contributed by atoms with Crippen LogP contribution in [0.3, 0.4) is 0 Å². The zero-order chi connectivity index (χ0) is 7.02. The first-order valence-corrected chi connectivity index (χ1v) is 3.93. The number of hydrogen-bond acceptors (Lipinski definition) is 1. The fourth-order valence-electron chi connectivity index (χ4n) is 0.578. The smallest absolute Gasteiger partial charge is 0.155 e. The molecule has 1 heterocycles. The van der Waals surface area contributed by atoms with E-state index in [1.807, 2.05) is 14.0 Å². The van der Waals surface area contributed by atoms with Gasteiger partial charge in [0.15, 0.2) is 5.15 Å². The highest BCUT2D eigenvalue weighted by molar-refractivity contribution is 14.1. The predicted molar refractivity (Wildman–Crippen MR) is 45.7 cm³/mol. The molecule has 1 aromatic heterocycles. The van der Waals surface area contributed by atoms with Gasteiger partial charge in [-0.15, -0.1) is 0 Å². The van der Waals surface area contributed by atoms with Crippen molar-refractivity contribution in [3.05, 3.63) is 14.4 Å². The molecule has 9 heavy (non-hydrogen) atoms. The molecule has 50 valence electrons. The molecule has 0 radical (unpaired) electrons. The summed E-state index contributed by atoms with van der Waals surface area (Å²) in [4.78, 5) is 0. The highest BCUT2D eigenvalue weighted by Gasteiger charge is 2.05. The number of aromatic nitrogens is 2. The lowest BCUT2D eigenvalue weighted by Crippen LogP contribution is -1.91. The second-order valence-corrected chi connectivity index (χ2v) is 3.21. The molecule has 0 aliphatic rings. The Morgan fingerprint density at radius 3 is 2.33 bits per heavy atom. The standard InChI is InChI=1S/C5H6ClIN2/c1-3-4(6)8-9(2)5(3)7/h1-2H3. The van der Waals surface area contributed by atoms with Crippen LogP contribution in [0.4, 0.5) is 0 Å². The molecular weight excluding hydrogens is 250 g/mol. The SMILES string of the molecule is Cc1c(Cl)nn(C)c1I. The molecule has 0 aromatic carbocycles. The van der Waals surface area contributed by atoms with Crippen molar-refractivity contribution >= 4 is 34.2 Å². The second kappa shape index (κ2) is 2.46. The average molecular weight is 256 g/mol. The molecule has 0 atom stereocenters. The van der Waals surface area contributed by atoms with Crippen LogP contribution in [0.1, 0.15) is 5.56 Å². The van der Waals surface area contributed by atoms with Gasteiger partial charge in [-0.3, -0.25) is 4.68 Å². The van der Waals surface area contributed by atoms with Gasteiger partial charge in [0.25, 0.3) is 0 Å². The number of halogens is 2. The van der Waals surface area contributed by atoms with Gasteiger partial charge in [-0.1, -0.05) is 11.6 Å². The molecule has 1 aromatic rings. The molecule has 0 amide bonds. The second-order valence-electron chi connectivity index (χ2n) is 1.83. The molecule has 2 nitrogen and oxygen atoms in total. The maximum atomic E-state index is 5.70. The largest absolute Gasteiger partial charge is 0.261 e. The van der Waals surface area contributed by atoms with E-state index in [0.29, 0.717) is 5.15 Å². The summed E-state index contributed by atoms with van der Waals surface area (Å²) in [7, 11) is 1.88. The van der Waals surface area contributed by atoms with Crippen molar-refractivity contribution in [2.24, 2.45) is 7.05 Å². The van der Waals surface area contributed by atoms with Gasteiger partial charge >= 0.3 is 0 Å². The molecule has 0 fully saturated rings. The van der Waals surface area contributed by atoms with E-state index in [1.54, 1.807) is 4.68 Å². The number of aryl methyl sites for hydroxylation is 1. The van der Waals surface area contributed by atoms with E-state index in [0.717, 1.165) is 9.26 Å². The molecule has 0 bridgehead atoms. The molecule has 1 rings (SSSR count). The lowest BCUT2D eigenvalue weighted by Gasteiger charge is -1.88. The first-order chi connectivity index (χ1) is 4.13. The van der Waals surface area contributed by atoms with E-state index in [-0.39, 0.29) is 0 Å². The highest BCUT2D eigenvalue weighted by atomic mass is 127. The van der Waals surface area contributed by atoms with E-state index >= 15 is 0 Å². The Kier molecular flexibility index (Phi) is 2.00. The Bertz CT molecular complexity index is 209. The summed E-state index contributed by atoms with van der Waals surface area (Å²) in [6.07, 6.45) is 0. The summed E-state index contributed by atoms with van der Waals surface area (Å²) in [6, 6.07) is 0. The van der Waals surface area contributed by atoms with Crippen LogP contribution in [-0.2, 0) is 7.05 Å². The number of rotatable bonds is 0. The van der Waals surface area contributed by atoms with Crippen molar-refractivity contribution in [3.8, 4) is 0 Å². The maximum absolute atomic E-state index is 5.70. The minimum absolute atomic E-state index is 0.599. The minimum atomic E-state index is 0.599. The van der Waals surface area contributed by atoms with Gasteiger partial charge in [0.05, 0.1) is 0 Å². The Hall–Kier alpha value is 0.230. The monoisotopic (exact) mass is 256 g/mol. The van der Waals surface area contributed by atoms with Crippen molar-refractivity contribution in [2.75, 3.05) is 0 Å². The van der Waals surface area contributed by atoms with Gasteiger partial charge in [-0.25, -0.2) is 0 Å². The highest BCUT2D eigenvalue weighted by Crippen LogP contribution is 2.17. The van der Waals surface area contributed by atoms with Crippen LogP contribution in [0.5, 0.6) is 0 Å². The van der Waals surface area contributed by atoms with Gasteiger partial charge < -0.3 is 0 Å². The Morgan fingerprint density at radius 2 is 2.22 bits per heavy atom. The predicted octanol–water partition coefficient (Wildman–Crippen LogP) is 1.99. The average Bonchev–Trinajstić information content (AvgIpc) is 1.98. The van der Waals surface area contributed by atoms with E-state index in [2.05, 4.69) is 27.7 Å². The normalized spacial score (nSPS) is 10.2. The summed E-state index contributed by atoms with van der Waals surface area (Å²) in [5, 5.41) is 4.58. The fourth-order valence-corrected chi connectivity index (χ4v) is 1.30. The van der Waals surface area contributed by atoms with Gasteiger partial charge in [-0.2, -0.15) is 5.10 Å². The Balaban J connectivity index is 3.29. The number of nitrogens with zero attached hydrogens (tertiary/aromatic N) is 2. The van der Waals surface area contributed by atoms with Crippen LogP contribution in [0, 0.1) is 10.6 Å². The van der Waals surface area contributed by atoms with Crippen LogP contribution < -0.4 is 0 Å². The van der Waals surface area contributed by atoms with Crippen molar-refractivity contribution < 1.29 is 0 Å². The summed E-state index contributed by atoms with van der Waals surface area (Å²) in [5.74, 6) is 0. The molecule has 4 heteroatoms. The molecule has 0 aliphatic carbocycles. The fraction of sp³-hybridized carbons (Fsp3) is 0.400. The van der Waals surface area contributed by atoms with Gasteiger partial charge in [0, 0.05) is 12.6 Å². The van der Waals surface area contributed by atoms with E-state index in [9.17, 15) is 0 Å². The summed E-state index contributed by atoms with van der Waals surface area (Å²) in [5.41, 5.74) is 1.06. The maximum Gasteiger partial charge on any atom is 0.155 e. The molecule has 0 unspecified atom stereocenters. The van der Waals surface area contributed by atoms with Gasteiger partial charge in [0.1, 0.15) is 3.70 Å². The van der Waals surface area contributed by atoms with Gasteiger partial charge in [-0.05, 0) is 29.5 Å². The third kappa shape index (κ3) is 1.21. The first kappa shape index (κ1) is 7.34. The van der Waals surface area contributed by atoms with Crippen LogP contribution in [-0.4, -0.2) is 9.78 Å². The van der Waals surface area contributed by atoms with E-state index in [4.69, 9.17) is 11.6 Å². The summed E-state index contributed by atoms with van der Waals surface area (Å²) >= 11 is 7.90. The zero-order valence-corrected chi connectivity index (χ0v) is 8.06. The first-order valence-electron chi connectivity index (χ1n) is 2.47. The van der Waals surface area contributed by atoms with Crippen molar-refractivity contribution in [3.63, 3.8) is 0 Å². The molecule has 0 spiro atoms. The molecular formula is C5H6ClIN2. The van der Waals surface area contributed by atoms with Crippen LogP contribution in [0.25, 0.3) is 0 Å². The topological polar surface area (TPSA) is 17.8 Å². The Morgan fingerprint density at radius 1 is 1.67 bits per heavy atom. The zero-order valence-electron chi connectivity index (χ0n) is 5.15. The van der Waals surface area contributed by atoms with Crippen molar-refractivity contribution in [1.82, 2.24) is 9.78 Å². The van der Waals surface area contributed by atoms with Gasteiger partial charge in [0.2, 0.25) is 0 Å². The molecule has 0 saturated carbocycles. The van der Waals surface area contributed by atoms with Crippen LogP contribution in [0.2, 0.25) is 5.15 Å². The third-order valence-electron chi connectivity index (χ3n) is 1.14. The van der Waals surface area contributed by atoms with E-state index < -0.39 is 0 Å². The summed E-state index contributed by atoms with van der Waals surface area (Å²) in [6.45, 7) is 1.96. The van der Waals surface area contributed by atoms with Crippen LogP contribution in [0.15, 0.2) is 0 Å². The third-order valence-corrected chi connectivity index (χ3v) is 3.01. The van der Waals surface area contributed by atoms with Crippen molar-refractivity contribution in [2.45, 2.75) is 6.92 Å². The number of hydrogen-bond donors (Lipinski definition) is 0. The minimum Gasteiger partial charge on any atom is -0.261 e. The quantitative estimate of drug-likeness (QED) is 0.649. The molecule has 0 saturated heterocycles. The lowest BCUT2D eigenvalue weighted by molar-refractivity contribution is 0.747. The van der Waals surface area contributed by atoms with Crippen LogP contribution >= 0.6 is 34.2 Å². The molecule has 0 aliphatic heterocycles. The summed E-state index contributed by atoms with van der Waals surface area (Å²) < 4.78 is 2.86. The van der Waals surface area contributed by atoms with Crippen molar-refractivity contribution in [1.29, 1.82) is 0 Å². The Labute approximate surface area is 72.3 Å². The lowest BCUT2D eigenvalue weighted by atomic mass is 10.4. The van der Waals surface area contributed by atoms with E-state index in [1.165, 1.54) is 0 Å². The molecule has 0 N–H and O–H groups in total.